The van der Waals surface area contributed by atoms with Crippen LogP contribution in [0.4, 0.5) is 0 Å². The van der Waals surface area contributed by atoms with Gasteiger partial charge in [-0.05, 0) is 49.9 Å². The van der Waals surface area contributed by atoms with Crippen LogP contribution in [0.25, 0.3) is 0 Å². The summed E-state index contributed by atoms with van der Waals surface area (Å²) in [6.45, 7) is 7.42. The highest BCUT2D eigenvalue weighted by atomic mass is 16.5. The van der Waals surface area contributed by atoms with E-state index in [1.165, 1.54) is 0 Å². The van der Waals surface area contributed by atoms with Crippen LogP contribution in [0.1, 0.15) is 51.2 Å². The second kappa shape index (κ2) is 14.3. The van der Waals surface area contributed by atoms with Crippen molar-refractivity contribution in [2.75, 3.05) is 20.3 Å². The molecule has 0 bridgehead atoms. The topological polar surface area (TPSA) is 67.9 Å². The van der Waals surface area contributed by atoms with Crippen LogP contribution in [0.3, 0.4) is 0 Å². The number of nitrogens with one attached hydrogen (secondary N) is 1. The molecule has 0 aliphatic heterocycles. The lowest BCUT2D eigenvalue weighted by Gasteiger charge is -2.31. The van der Waals surface area contributed by atoms with Gasteiger partial charge in [-0.2, -0.15) is 0 Å². The molecule has 0 saturated carbocycles. The van der Waals surface area contributed by atoms with Crippen molar-refractivity contribution in [2.24, 2.45) is 0 Å². The van der Waals surface area contributed by atoms with E-state index in [1.54, 1.807) is 12.0 Å². The zero-order chi connectivity index (χ0) is 24.1. The highest BCUT2D eigenvalue weighted by Crippen LogP contribution is 2.18. The number of carbonyl (C=O) groups is 2. The third-order valence-corrected chi connectivity index (χ3v) is 5.32. The van der Waals surface area contributed by atoms with Crippen LogP contribution < -0.4 is 10.1 Å². The van der Waals surface area contributed by atoms with E-state index in [9.17, 15) is 9.59 Å². The number of nitrogens with zero attached hydrogens (tertiary/aromatic N) is 1. The van der Waals surface area contributed by atoms with Crippen molar-refractivity contribution in [2.45, 2.75) is 65.1 Å². The molecule has 0 radical (unpaired) electrons. The van der Waals surface area contributed by atoms with Gasteiger partial charge in [0.05, 0.1) is 13.2 Å². The van der Waals surface area contributed by atoms with Crippen molar-refractivity contribution in [3.8, 4) is 5.75 Å². The van der Waals surface area contributed by atoms with E-state index in [1.807, 2.05) is 75.4 Å². The number of rotatable bonds is 14. The van der Waals surface area contributed by atoms with Gasteiger partial charge in [0, 0.05) is 32.5 Å². The molecule has 2 rings (SSSR count). The largest absolute Gasteiger partial charge is 0.497 e. The number of hydrogen-bond acceptors (Lipinski definition) is 4. The Bertz CT molecular complexity index is 837. The van der Waals surface area contributed by atoms with Crippen LogP contribution in [0, 0.1) is 0 Å². The molecule has 0 heterocycles. The summed E-state index contributed by atoms with van der Waals surface area (Å²) in [7, 11) is 1.62. The molecular weight excluding hydrogens is 416 g/mol. The molecule has 0 aliphatic carbocycles. The number of hydrogen-bond donors (Lipinski definition) is 1. The highest BCUT2D eigenvalue weighted by Gasteiger charge is 2.29. The zero-order valence-corrected chi connectivity index (χ0v) is 20.4. The molecule has 0 aromatic heterocycles. The Morgan fingerprint density at radius 1 is 1.00 bits per heavy atom. The summed E-state index contributed by atoms with van der Waals surface area (Å²) in [5.74, 6) is 0.598. The van der Waals surface area contributed by atoms with E-state index < -0.39 is 6.04 Å². The summed E-state index contributed by atoms with van der Waals surface area (Å²) in [5.41, 5.74) is 1.97. The molecule has 6 heteroatoms. The van der Waals surface area contributed by atoms with Crippen molar-refractivity contribution >= 4 is 11.8 Å². The molecule has 1 N–H and O–H groups in total. The molecular formula is C27H38N2O4. The van der Waals surface area contributed by atoms with Crippen LogP contribution in [0.15, 0.2) is 54.6 Å². The van der Waals surface area contributed by atoms with Gasteiger partial charge in [0.2, 0.25) is 11.8 Å². The van der Waals surface area contributed by atoms with Gasteiger partial charge in [-0.25, -0.2) is 0 Å². The number of carbonyl (C=O) groups excluding carboxylic acids is 2. The first kappa shape index (κ1) is 26.4. The van der Waals surface area contributed by atoms with E-state index in [2.05, 4.69) is 5.32 Å². The minimum Gasteiger partial charge on any atom is -0.497 e. The molecule has 0 spiro atoms. The van der Waals surface area contributed by atoms with Crippen molar-refractivity contribution in [1.29, 1.82) is 0 Å². The van der Waals surface area contributed by atoms with E-state index >= 15 is 0 Å². The maximum atomic E-state index is 13.3. The first-order chi connectivity index (χ1) is 15.9. The van der Waals surface area contributed by atoms with Gasteiger partial charge >= 0.3 is 0 Å². The molecule has 0 saturated heterocycles. The van der Waals surface area contributed by atoms with Crippen molar-refractivity contribution in [1.82, 2.24) is 10.2 Å². The Morgan fingerprint density at radius 3 is 2.30 bits per heavy atom. The molecule has 2 aromatic carbocycles. The highest BCUT2D eigenvalue weighted by molar-refractivity contribution is 5.88. The number of methoxy groups -OCH3 is 1. The summed E-state index contributed by atoms with van der Waals surface area (Å²) in [6.07, 6.45) is 2.48. The number of ether oxygens (including phenoxy) is 2. The molecule has 6 nitrogen and oxygen atoms in total. The molecule has 1 atom stereocenters. The molecule has 2 aromatic rings. The van der Waals surface area contributed by atoms with Crippen molar-refractivity contribution < 1.29 is 19.1 Å². The molecule has 2 amide bonds. The molecule has 0 unspecified atom stereocenters. The summed E-state index contributed by atoms with van der Waals surface area (Å²) < 4.78 is 10.8. The van der Waals surface area contributed by atoms with Crippen molar-refractivity contribution in [3.63, 3.8) is 0 Å². The minimum absolute atomic E-state index is 0.0208. The first-order valence-electron chi connectivity index (χ1n) is 11.8. The van der Waals surface area contributed by atoms with E-state index in [0.717, 1.165) is 29.7 Å². The number of amides is 2. The SMILES string of the molecule is CCCC(=O)N(Cc1ccc(OC)cc1)[C@@H](Cc1ccccc1)C(=O)NCCCOC(C)C. The smallest absolute Gasteiger partial charge is 0.243 e. The lowest BCUT2D eigenvalue weighted by Crippen LogP contribution is -2.50. The Hall–Kier alpha value is -2.86. The Morgan fingerprint density at radius 2 is 1.70 bits per heavy atom. The average molecular weight is 455 g/mol. The normalized spacial score (nSPS) is 11.8. The second-order valence-corrected chi connectivity index (χ2v) is 8.39. The third-order valence-electron chi connectivity index (χ3n) is 5.32. The van der Waals surface area contributed by atoms with Gasteiger partial charge in [0.25, 0.3) is 0 Å². The molecule has 33 heavy (non-hydrogen) atoms. The fraction of sp³-hybridized carbons (Fsp3) is 0.481. The predicted molar refractivity (Wildman–Crippen MR) is 131 cm³/mol. The van der Waals surface area contributed by atoms with E-state index in [0.29, 0.717) is 32.5 Å². The van der Waals surface area contributed by atoms with E-state index in [4.69, 9.17) is 9.47 Å². The van der Waals surface area contributed by atoms with Crippen LogP contribution in [-0.4, -0.2) is 49.1 Å². The Kier molecular flexibility index (Phi) is 11.5. The average Bonchev–Trinajstić information content (AvgIpc) is 2.82. The predicted octanol–water partition coefficient (Wildman–Crippen LogP) is 4.37. The van der Waals surface area contributed by atoms with Crippen LogP contribution in [-0.2, 0) is 27.3 Å². The van der Waals surface area contributed by atoms with Gasteiger partial charge in [-0.1, -0.05) is 49.4 Å². The minimum atomic E-state index is -0.598. The summed E-state index contributed by atoms with van der Waals surface area (Å²) in [4.78, 5) is 28.2. The summed E-state index contributed by atoms with van der Waals surface area (Å²) in [5, 5.41) is 3.03. The molecule has 180 valence electrons. The standard InChI is InChI=1S/C27H38N2O4/c1-5-10-26(30)29(20-23-13-15-24(32-4)16-14-23)25(19-22-11-7-6-8-12-22)27(31)28-17-9-18-33-21(2)3/h6-8,11-16,21,25H,5,9-10,17-20H2,1-4H3,(H,28,31)/t25-/m0/s1. The third kappa shape index (κ3) is 9.26. The van der Waals surface area contributed by atoms with Crippen molar-refractivity contribution in [3.05, 3.63) is 65.7 Å². The van der Waals surface area contributed by atoms with Gasteiger partial charge in [0.1, 0.15) is 11.8 Å². The van der Waals surface area contributed by atoms with Crippen LogP contribution in [0.2, 0.25) is 0 Å². The second-order valence-electron chi connectivity index (χ2n) is 8.39. The first-order valence-corrected chi connectivity index (χ1v) is 11.8. The quantitative estimate of drug-likeness (QED) is 0.431. The van der Waals surface area contributed by atoms with Gasteiger partial charge in [-0.3, -0.25) is 9.59 Å². The Balaban J connectivity index is 2.22. The molecule has 0 fully saturated rings. The van der Waals surface area contributed by atoms with Gasteiger partial charge < -0.3 is 19.7 Å². The zero-order valence-electron chi connectivity index (χ0n) is 20.4. The Labute approximate surface area is 198 Å². The molecule has 0 aliphatic rings. The van der Waals surface area contributed by atoms with Gasteiger partial charge in [0.15, 0.2) is 0 Å². The van der Waals surface area contributed by atoms with Crippen LogP contribution >= 0.6 is 0 Å². The van der Waals surface area contributed by atoms with Crippen LogP contribution in [0.5, 0.6) is 5.75 Å². The van der Waals surface area contributed by atoms with E-state index in [-0.39, 0.29) is 17.9 Å². The van der Waals surface area contributed by atoms with Gasteiger partial charge in [-0.15, -0.1) is 0 Å². The lowest BCUT2D eigenvalue weighted by molar-refractivity contribution is -0.141. The fourth-order valence-corrected chi connectivity index (χ4v) is 3.56. The number of benzene rings is 2. The maximum absolute atomic E-state index is 13.3. The summed E-state index contributed by atoms with van der Waals surface area (Å²) >= 11 is 0. The fourth-order valence-electron chi connectivity index (χ4n) is 3.56. The monoisotopic (exact) mass is 454 g/mol. The maximum Gasteiger partial charge on any atom is 0.243 e. The summed E-state index contributed by atoms with van der Waals surface area (Å²) in [6, 6.07) is 16.9. The lowest BCUT2D eigenvalue weighted by atomic mass is 10.0.